The minimum absolute atomic E-state index is 0.125. The zero-order valence-electron chi connectivity index (χ0n) is 14.1. The summed E-state index contributed by atoms with van der Waals surface area (Å²) >= 11 is 0. The molecule has 128 valence electrons. The normalized spacial score (nSPS) is 11.8. The molecule has 0 bridgehead atoms. The second-order valence-corrected chi connectivity index (χ2v) is 5.50. The van der Waals surface area contributed by atoms with Crippen LogP contribution >= 0.6 is 0 Å². The fraction of sp³-hybridized carbons (Fsp3) is 0.222. The van der Waals surface area contributed by atoms with Crippen molar-refractivity contribution in [2.45, 2.75) is 19.9 Å². The zero-order chi connectivity index (χ0) is 17.6. The molecule has 25 heavy (non-hydrogen) atoms. The van der Waals surface area contributed by atoms with Gasteiger partial charge >= 0.3 is 0 Å². The predicted octanol–water partition coefficient (Wildman–Crippen LogP) is 2.55. The summed E-state index contributed by atoms with van der Waals surface area (Å²) < 4.78 is 6.94. The summed E-state index contributed by atoms with van der Waals surface area (Å²) in [6.45, 7) is 4.52. The summed E-state index contributed by atoms with van der Waals surface area (Å²) in [5, 5.41) is 14.0. The van der Waals surface area contributed by atoms with Gasteiger partial charge in [0.1, 0.15) is 12.1 Å². The van der Waals surface area contributed by atoms with Gasteiger partial charge in [0.15, 0.2) is 0 Å². The monoisotopic (exact) mass is 337 g/mol. The standard InChI is InChI=1S/C18H19N5O2/c1-3-25-17-9-7-14(8-10-17)13(2)20-18(24)15-5-4-6-16(11-15)23-12-19-21-22-23/h4-13H,3H2,1-2H3,(H,20,24). The van der Waals surface area contributed by atoms with Gasteiger partial charge in [-0.1, -0.05) is 18.2 Å². The number of carbonyl (C=O) groups is 1. The van der Waals surface area contributed by atoms with Gasteiger partial charge in [-0.15, -0.1) is 5.10 Å². The molecule has 0 aliphatic rings. The molecule has 0 saturated heterocycles. The highest BCUT2D eigenvalue weighted by Gasteiger charge is 2.12. The van der Waals surface area contributed by atoms with E-state index in [2.05, 4.69) is 20.8 Å². The second kappa shape index (κ2) is 7.57. The maximum atomic E-state index is 12.5. The lowest BCUT2D eigenvalue weighted by atomic mass is 10.1. The Labute approximate surface area is 145 Å². The summed E-state index contributed by atoms with van der Waals surface area (Å²) in [5.74, 6) is 0.662. The van der Waals surface area contributed by atoms with Crippen LogP contribution in [0.1, 0.15) is 35.8 Å². The SMILES string of the molecule is CCOc1ccc(C(C)NC(=O)c2cccc(-n3cnnn3)c2)cc1. The lowest BCUT2D eigenvalue weighted by molar-refractivity contribution is 0.0940. The molecule has 2 aromatic carbocycles. The van der Waals surface area contributed by atoms with Gasteiger partial charge in [0, 0.05) is 5.56 Å². The maximum Gasteiger partial charge on any atom is 0.251 e. The molecule has 0 aliphatic heterocycles. The fourth-order valence-corrected chi connectivity index (χ4v) is 2.45. The Kier molecular flexibility index (Phi) is 5.03. The van der Waals surface area contributed by atoms with E-state index in [4.69, 9.17) is 4.74 Å². The molecule has 1 amide bonds. The van der Waals surface area contributed by atoms with Crippen LogP contribution in [-0.4, -0.2) is 32.7 Å². The Bertz CT molecular complexity index is 831. The molecule has 7 nitrogen and oxygen atoms in total. The van der Waals surface area contributed by atoms with Crippen LogP contribution in [0.2, 0.25) is 0 Å². The third-order valence-corrected chi connectivity index (χ3v) is 3.76. The van der Waals surface area contributed by atoms with E-state index in [0.29, 0.717) is 12.2 Å². The molecule has 0 aliphatic carbocycles. The molecule has 0 saturated carbocycles. The number of nitrogens with one attached hydrogen (secondary N) is 1. The smallest absolute Gasteiger partial charge is 0.251 e. The van der Waals surface area contributed by atoms with E-state index in [9.17, 15) is 4.79 Å². The van der Waals surface area contributed by atoms with Crippen molar-refractivity contribution in [2.24, 2.45) is 0 Å². The number of carbonyl (C=O) groups excluding carboxylic acids is 1. The lowest BCUT2D eigenvalue weighted by Crippen LogP contribution is -2.26. The largest absolute Gasteiger partial charge is 0.494 e. The molecule has 3 rings (SSSR count). The highest BCUT2D eigenvalue weighted by Crippen LogP contribution is 2.18. The number of aromatic nitrogens is 4. The number of hydrogen-bond acceptors (Lipinski definition) is 5. The number of tetrazole rings is 1. The molecule has 0 spiro atoms. The van der Waals surface area contributed by atoms with Gasteiger partial charge in [-0.2, -0.15) is 0 Å². The van der Waals surface area contributed by atoms with Crippen molar-refractivity contribution in [3.8, 4) is 11.4 Å². The van der Waals surface area contributed by atoms with Crippen LogP contribution in [0.4, 0.5) is 0 Å². The molecule has 1 heterocycles. The Hall–Kier alpha value is -3.22. The number of rotatable bonds is 6. The van der Waals surface area contributed by atoms with E-state index in [-0.39, 0.29) is 11.9 Å². The fourth-order valence-electron chi connectivity index (χ4n) is 2.45. The van der Waals surface area contributed by atoms with Gasteiger partial charge < -0.3 is 10.1 Å². The van der Waals surface area contributed by atoms with Crippen LogP contribution in [0, 0.1) is 0 Å². The zero-order valence-corrected chi connectivity index (χ0v) is 14.1. The van der Waals surface area contributed by atoms with Gasteiger partial charge in [0.2, 0.25) is 0 Å². The van der Waals surface area contributed by atoms with Crippen molar-refractivity contribution in [3.05, 3.63) is 66.0 Å². The van der Waals surface area contributed by atoms with Crippen LogP contribution in [0.15, 0.2) is 54.9 Å². The van der Waals surface area contributed by atoms with Crippen LogP contribution < -0.4 is 10.1 Å². The third kappa shape index (κ3) is 4.00. The Morgan fingerprint density at radius 1 is 1.24 bits per heavy atom. The Morgan fingerprint density at radius 2 is 2.04 bits per heavy atom. The first kappa shape index (κ1) is 16.6. The first-order chi connectivity index (χ1) is 12.2. The Balaban J connectivity index is 1.70. The van der Waals surface area contributed by atoms with E-state index in [1.54, 1.807) is 18.2 Å². The molecule has 7 heteroatoms. The van der Waals surface area contributed by atoms with Crippen molar-refractivity contribution >= 4 is 5.91 Å². The molecular formula is C18H19N5O2. The number of hydrogen-bond donors (Lipinski definition) is 1. The summed E-state index contributed by atoms with van der Waals surface area (Å²) in [6.07, 6.45) is 1.49. The molecule has 0 radical (unpaired) electrons. The van der Waals surface area contributed by atoms with Gasteiger partial charge in [-0.3, -0.25) is 4.79 Å². The van der Waals surface area contributed by atoms with Crippen molar-refractivity contribution in [1.29, 1.82) is 0 Å². The molecule has 1 unspecified atom stereocenters. The van der Waals surface area contributed by atoms with Crippen LogP contribution in [0.3, 0.4) is 0 Å². The second-order valence-electron chi connectivity index (χ2n) is 5.50. The number of nitrogens with zero attached hydrogens (tertiary/aromatic N) is 4. The van der Waals surface area contributed by atoms with Crippen molar-refractivity contribution in [2.75, 3.05) is 6.61 Å². The maximum absolute atomic E-state index is 12.5. The molecule has 0 fully saturated rings. The van der Waals surface area contributed by atoms with Gasteiger partial charge in [-0.05, 0) is 60.2 Å². The summed E-state index contributed by atoms with van der Waals surface area (Å²) in [7, 11) is 0. The molecule has 3 aromatic rings. The average molecular weight is 337 g/mol. The van der Waals surface area contributed by atoms with E-state index in [0.717, 1.165) is 17.0 Å². The minimum atomic E-state index is -0.156. The Morgan fingerprint density at radius 3 is 2.72 bits per heavy atom. The van der Waals surface area contributed by atoms with Crippen molar-refractivity contribution in [1.82, 2.24) is 25.5 Å². The van der Waals surface area contributed by atoms with E-state index in [1.165, 1.54) is 11.0 Å². The first-order valence-electron chi connectivity index (χ1n) is 8.04. The van der Waals surface area contributed by atoms with Crippen LogP contribution in [0.25, 0.3) is 5.69 Å². The lowest BCUT2D eigenvalue weighted by Gasteiger charge is -2.15. The molecule has 1 N–H and O–H groups in total. The van der Waals surface area contributed by atoms with Gasteiger partial charge in [0.25, 0.3) is 5.91 Å². The molecule has 1 atom stereocenters. The van der Waals surface area contributed by atoms with E-state index < -0.39 is 0 Å². The quantitative estimate of drug-likeness (QED) is 0.747. The topological polar surface area (TPSA) is 81.9 Å². The molecule has 1 aromatic heterocycles. The van der Waals surface area contributed by atoms with E-state index >= 15 is 0 Å². The highest BCUT2D eigenvalue weighted by molar-refractivity contribution is 5.95. The first-order valence-corrected chi connectivity index (χ1v) is 8.04. The van der Waals surface area contributed by atoms with Gasteiger partial charge in [0.05, 0.1) is 18.3 Å². The summed E-state index contributed by atoms with van der Waals surface area (Å²) in [6, 6.07) is 14.7. The van der Waals surface area contributed by atoms with E-state index in [1.807, 2.05) is 44.2 Å². The van der Waals surface area contributed by atoms with Crippen molar-refractivity contribution < 1.29 is 9.53 Å². The summed E-state index contributed by atoms with van der Waals surface area (Å²) in [4.78, 5) is 12.5. The number of benzene rings is 2. The predicted molar refractivity (Wildman–Crippen MR) is 92.6 cm³/mol. The highest BCUT2D eigenvalue weighted by atomic mass is 16.5. The van der Waals surface area contributed by atoms with Crippen molar-refractivity contribution in [3.63, 3.8) is 0 Å². The van der Waals surface area contributed by atoms with Crippen LogP contribution in [0.5, 0.6) is 5.75 Å². The van der Waals surface area contributed by atoms with Gasteiger partial charge in [-0.25, -0.2) is 4.68 Å². The number of amides is 1. The third-order valence-electron chi connectivity index (χ3n) is 3.76. The average Bonchev–Trinajstić information content (AvgIpc) is 3.17. The number of ether oxygens (including phenoxy) is 1. The molecular weight excluding hydrogens is 318 g/mol. The summed E-state index contributed by atoms with van der Waals surface area (Å²) in [5.41, 5.74) is 2.28. The minimum Gasteiger partial charge on any atom is -0.494 e. The van der Waals surface area contributed by atoms with Crippen LogP contribution in [-0.2, 0) is 0 Å².